The summed E-state index contributed by atoms with van der Waals surface area (Å²) in [5, 5.41) is 8.95. The van der Waals surface area contributed by atoms with Gasteiger partial charge in [-0.15, -0.1) is 0 Å². The number of amides is 1. The fraction of sp³-hybridized carbons (Fsp3) is 0.200. The summed E-state index contributed by atoms with van der Waals surface area (Å²) < 4.78 is 11.4. The largest absolute Gasteiger partial charge is 0.490 e. The topological polar surface area (TPSA) is 85.3 Å². The smallest absolute Gasteiger partial charge is 0.259 e. The molecule has 0 bridgehead atoms. The summed E-state index contributed by atoms with van der Waals surface area (Å²) in [7, 11) is 0. The maximum Gasteiger partial charge on any atom is 0.259 e. The lowest BCUT2D eigenvalue weighted by atomic mass is 10.1. The van der Waals surface area contributed by atoms with Crippen molar-refractivity contribution in [1.29, 1.82) is 5.26 Å². The number of ether oxygens (including phenoxy) is 2. The first kappa shape index (κ1) is 18.1. The van der Waals surface area contributed by atoms with Crippen molar-refractivity contribution in [2.75, 3.05) is 13.2 Å². The highest BCUT2D eigenvalue weighted by molar-refractivity contribution is 6.00. The average molecular weight is 336 g/mol. The predicted octanol–water partition coefficient (Wildman–Crippen LogP) is 3.15. The van der Waals surface area contributed by atoms with Crippen LogP contribution in [-0.4, -0.2) is 19.1 Å². The lowest BCUT2D eigenvalue weighted by Crippen LogP contribution is -2.13. The molecule has 0 aliphatic rings. The van der Waals surface area contributed by atoms with Gasteiger partial charge in [0.15, 0.2) is 0 Å². The first-order chi connectivity index (χ1) is 12.0. The van der Waals surface area contributed by atoms with E-state index in [1.165, 1.54) is 17.2 Å². The summed E-state index contributed by atoms with van der Waals surface area (Å²) in [6, 6.07) is 14.8. The Bertz CT molecular complexity index is 835. The summed E-state index contributed by atoms with van der Waals surface area (Å²) in [5.41, 5.74) is 8.04. The number of aryl methyl sites for hydroxylation is 2. The molecular formula is C20H20N2O3. The molecule has 5 heteroatoms. The van der Waals surface area contributed by atoms with Crippen molar-refractivity contribution in [3.63, 3.8) is 0 Å². The van der Waals surface area contributed by atoms with Gasteiger partial charge in [0.2, 0.25) is 0 Å². The number of benzene rings is 2. The molecule has 0 radical (unpaired) electrons. The Morgan fingerprint density at radius 1 is 1.12 bits per heavy atom. The molecule has 0 fully saturated rings. The van der Waals surface area contributed by atoms with E-state index in [4.69, 9.17) is 20.5 Å². The van der Waals surface area contributed by atoms with Crippen LogP contribution in [0.25, 0.3) is 6.08 Å². The second kappa shape index (κ2) is 8.55. The Hall–Kier alpha value is -3.26. The predicted molar refractivity (Wildman–Crippen MR) is 96.1 cm³/mol. The fourth-order valence-corrected chi connectivity index (χ4v) is 2.16. The number of hydrogen-bond acceptors (Lipinski definition) is 4. The van der Waals surface area contributed by atoms with Crippen molar-refractivity contribution in [1.82, 2.24) is 0 Å². The van der Waals surface area contributed by atoms with Crippen molar-refractivity contribution in [3.8, 4) is 17.6 Å². The average Bonchev–Trinajstić information content (AvgIpc) is 2.60. The van der Waals surface area contributed by atoms with Crippen LogP contribution in [0, 0.1) is 25.2 Å². The van der Waals surface area contributed by atoms with Crippen LogP contribution in [0.3, 0.4) is 0 Å². The van der Waals surface area contributed by atoms with Crippen molar-refractivity contribution >= 4 is 12.0 Å². The van der Waals surface area contributed by atoms with Crippen LogP contribution in [0.15, 0.2) is 48.0 Å². The van der Waals surface area contributed by atoms with Gasteiger partial charge < -0.3 is 15.2 Å². The molecule has 0 aliphatic carbocycles. The van der Waals surface area contributed by atoms with Crippen molar-refractivity contribution < 1.29 is 14.3 Å². The molecule has 0 saturated heterocycles. The summed E-state index contributed by atoms with van der Waals surface area (Å²) in [5.74, 6) is 0.580. The number of rotatable bonds is 7. The fourth-order valence-electron chi connectivity index (χ4n) is 2.16. The van der Waals surface area contributed by atoms with Crippen molar-refractivity contribution in [2.45, 2.75) is 13.8 Å². The molecular weight excluding hydrogens is 316 g/mol. The van der Waals surface area contributed by atoms with E-state index in [2.05, 4.69) is 0 Å². The van der Waals surface area contributed by atoms with Gasteiger partial charge in [0.25, 0.3) is 5.91 Å². The van der Waals surface area contributed by atoms with Crippen LogP contribution in [0.5, 0.6) is 11.5 Å². The Balaban J connectivity index is 1.98. The zero-order chi connectivity index (χ0) is 18.2. The monoisotopic (exact) mass is 336 g/mol. The van der Waals surface area contributed by atoms with Crippen LogP contribution < -0.4 is 15.2 Å². The van der Waals surface area contributed by atoms with Gasteiger partial charge in [-0.3, -0.25) is 4.79 Å². The Morgan fingerprint density at radius 3 is 2.52 bits per heavy atom. The SMILES string of the molecule is Cc1ccc(OCCOc2ccccc2/C=C(/C#N)C(N)=O)cc1C. The third-order valence-corrected chi connectivity index (χ3v) is 3.69. The minimum absolute atomic E-state index is 0.123. The zero-order valence-corrected chi connectivity index (χ0v) is 14.3. The summed E-state index contributed by atoms with van der Waals surface area (Å²) in [4.78, 5) is 11.2. The standard InChI is InChI=1S/C20H20N2O3/c1-14-7-8-18(11-15(14)2)24-9-10-25-19-6-4-3-5-16(19)12-17(13-21)20(22)23/h3-8,11-12H,9-10H2,1-2H3,(H2,22,23)/b17-12-. The normalized spacial score (nSPS) is 10.8. The van der Waals surface area contributed by atoms with E-state index >= 15 is 0 Å². The van der Waals surface area contributed by atoms with E-state index in [-0.39, 0.29) is 5.57 Å². The van der Waals surface area contributed by atoms with Gasteiger partial charge in [-0.05, 0) is 49.2 Å². The Labute approximate surface area is 147 Å². The number of carbonyl (C=O) groups is 1. The number of nitrogens with zero attached hydrogens (tertiary/aromatic N) is 1. The molecule has 0 aliphatic heterocycles. The van der Waals surface area contributed by atoms with Gasteiger partial charge in [-0.2, -0.15) is 5.26 Å². The Kier molecular flexibility index (Phi) is 6.19. The maximum absolute atomic E-state index is 11.2. The van der Waals surface area contributed by atoms with E-state index in [1.807, 2.05) is 38.1 Å². The lowest BCUT2D eigenvalue weighted by molar-refractivity contribution is -0.114. The van der Waals surface area contributed by atoms with Gasteiger partial charge in [0.05, 0.1) is 0 Å². The highest BCUT2D eigenvalue weighted by atomic mass is 16.5. The molecule has 5 nitrogen and oxygen atoms in total. The molecule has 0 aromatic heterocycles. The van der Waals surface area contributed by atoms with Crippen LogP contribution in [0.4, 0.5) is 0 Å². The van der Waals surface area contributed by atoms with Gasteiger partial charge in [0, 0.05) is 5.56 Å². The molecule has 2 rings (SSSR count). The third-order valence-electron chi connectivity index (χ3n) is 3.69. The molecule has 2 N–H and O–H groups in total. The van der Waals surface area contributed by atoms with E-state index in [0.717, 1.165) is 5.75 Å². The van der Waals surface area contributed by atoms with Crippen LogP contribution >= 0.6 is 0 Å². The lowest BCUT2D eigenvalue weighted by Gasteiger charge is -2.11. The Morgan fingerprint density at radius 2 is 1.84 bits per heavy atom. The minimum atomic E-state index is -0.768. The van der Waals surface area contributed by atoms with Gasteiger partial charge in [0.1, 0.15) is 36.4 Å². The van der Waals surface area contributed by atoms with E-state index in [9.17, 15) is 4.79 Å². The first-order valence-corrected chi connectivity index (χ1v) is 7.84. The molecule has 25 heavy (non-hydrogen) atoms. The molecule has 128 valence electrons. The van der Waals surface area contributed by atoms with E-state index in [1.54, 1.807) is 24.3 Å². The summed E-state index contributed by atoms with van der Waals surface area (Å²) in [6.45, 7) is 4.79. The maximum atomic E-state index is 11.2. The second-order valence-electron chi connectivity index (χ2n) is 5.51. The number of nitriles is 1. The number of para-hydroxylation sites is 1. The van der Waals surface area contributed by atoms with Crippen molar-refractivity contribution in [3.05, 3.63) is 64.7 Å². The molecule has 1 amide bonds. The molecule has 2 aromatic rings. The van der Waals surface area contributed by atoms with Gasteiger partial charge in [-0.1, -0.05) is 24.3 Å². The van der Waals surface area contributed by atoms with Crippen LogP contribution in [0.1, 0.15) is 16.7 Å². The van der Waals surface area contributed by atoms with Crippen molar-refractivity contribution in [2.24, 2.45) is 5.73 Å². The van der Waals surface area contributed by atoms with Gasteiger partial charge >= 0.3 is 0 Å². The minimum Gasteiger partial charge on any atom is -0.490 e. The number of hydrogen-bond donors (Lipinski definition) is 1. The van der Waals surface area contributed by atoms with Gasteiger partial charge in [-0.25, -0.2) is 0 Å². The summed E-state index contributed by atoms with van der Waals surface area (Å²) >= 11 is 0. The summed E-state index contributed by atoms with van der Waals surface area (Å²) in [6.07, 6.45) is 1.42. The number of nitrogens with two attached hydrogens (primary N) is 1. The molecule has 0 saturated carbocycles. The second-order valence-corrected chi connectivity index (χ2v) is 5.51. The molecule has 2 aromatic carbocycles. The van der Waals surface area contributed by atoms with E-state index in [0.29, 0.717) is 24.5 Å². The molecule has 0 unspecified atom stereocenters. The zero-order valence-electron chi connectivity index (χ0n) is 14.3. The third kappa shape index (κ3) is 5.11. The van der Waals surface area contributed by atoms with Crippen LogP contribution in [-0.2, 0) is 4.79 Å². The molecule has 0 atom stereocenters. The quantitative estimate of drug-likeness (QED) is 0.478. The first-order valence-electron chi connectivity index (χ1n) is 7.84. The van der Waals surface area contributed by atoms with Crippen LogP contribution in [0.2, 0.25) is 0 Å². The highest BCUT2D eigenvalue weighted by Gasteiger charge is 2.07. The van der Waals surface area contributed by atoms with E-state index < -0.39 is 5.91 Å². The highest BCUT2D eigenvalue weighted by Crippen LogP contribution is 2.21. The molecule has 0 heterocycles. The number of primary amides is 1. The molecule has 0 spiro atoms. The number of carbonyl (C=O) groups excluding carboxylic acids is 1.